The molecular weight excluding hydrogens is 653 g/mol. The van der Waals surface area contributed by atoms with E-state index in [1.165, 1.54) is 66.7 Å². The summed E-state index contributed by atoms with van der Waals surface area (Å²) in [6.07, 6.45) is 0. The fourth-order valence-electron chi connectivity index (χ4n) is 9.44. The van der Waals surface area contributed by atoms with Gasteiger partial charge in [-0.2, -0.15) is 0 Å². The molecule has 0 saturated heterocycles. The molecule has 260 valence electrons. The van der Waals surface area contributed by atoms with Crippen LogP contribution in [0.25, 0.3) is 33.0 Å². The predicted molar refractivity (Wildman–Crippen MR) is 228 cm³/mol. The topological polar surface area (TPSA) is 6.48 Å². The summed E-state index contributed by atoms with van der Waals surface area (Å²) in [7, 11) is 0. The Balaban J connectivity index is 1.27. The first-order chi connectivity index (χ1) is 26.3. The number of para-hydroxylation sites is 3. The van der Waals surface area contributed by atoms with Gasteiger partial charge in [-0.25, -0.2) is 0 Å². The third kappa shape index (κ3) is 4.73. The Hall–Kier alpha value is -6.38. The number of fused-ring (bicyclic) bond motifs is 6. The van der Waals surface area contributed by atoms with E-state index in [1.807, 2.05) is 0 Å². The van der Waals surface area contributed by atoms with Crippen molar-refractivity contribution in [2.75, 3.05) is 9.80 Å². The summed E-state index contributed by atoms with van der Waals surface area (Å²) in [5.41, 5.74) is 17.2. The molecular formula is C52H42N2. The van der Waals surface area contributed by atoms with Gasteiger partial charge in [0.25, 0.3) is 0 Å². The molecule has 2 heteroatoms. The zero-order valence-corrected chi connectivity index (χ0v) is 31.2. The van der Waals surface area contributed by atoms with E-state index in [9.17, 15) is 0 Å². The number of anilines is 6. The van der Waals surface area contributed by atoms with Crippen LogP contribution in [0.4, 0.5) is 34.1 Å². The van der Waals surface area contributed by atoms with E-state index in [4.69, 9.17) is 0 Å². The fraction of sp³-hybridized carbons (Fsp3) is 0.115. The van der Waals surface area contributed by atoms with Crippen molar-refractivity contribution in [3.8, 4) is 22.3 Å². The lowest BCUT2D eigenvalue weighted by Gasteiger charge is -2.44. The van der Waals surface area contributed by atoms with Crippen molar-refractivity contribution in [2.45, 2.75) is 38.5 Å². The van der Waals surface area contributed by atoms with Gasteiger partial charge >= 0.3 is 0 Å². The smallest absolute Gasteiger partial charge is 0.0781 e. The Labute approximate surface area is 318 Å². The van der Waals surface area contributed by atoms with Crippen LogP contribution in [-0.4, -0.2) is 0 Å². The first-order valence-electron chi connectivity index (χ1n) is 19.0. The van der Waals surface area contributed by atoms with Gasteiger partial charge in [-0.1, -0.05) is 161 Å². The lowest BCUT2D eigenvalue weighted by molar-refractivity contribution is 0.633. The molecule has 0 N–H and O–H groups in total. The minimum Gasteiger partial charge on any atom is -0.308 e. The molecule has 0 amide bonds. The van der Waals surface area contributed by atoms with Crippen LogP contribution >= 0.6 is 0 Å². The van der Waals surface area contributed by atoms with Gasteiger partial charge in [0.1, 0.15) is 0 Å². The van der Waals surface area contributed by atoms with Crippen molar-refractivity contribution in [1.29, 1.82) is 0 Å². The van der Waals surface area contributed by atoms with Gasteiger partial charge in [0.2, 0.25) is 0 Å². The van der Waals surface area contributed by atoms with Crippen LogP contribution in [0.5, 0.6) is 0 Å². The summed E-state index contributed by atoms with van der Waals surface area (Å²) in [6, 6.07) is 67.0. The second kappa shape index (κ2) is 12.1. The zero-order valence-electron chi connectivity index (χ0n) is 31.2. The number of nitrogens with zero attached hydrogens (tertiary/aromatic N) is 2. The predicted octanol–water partition coefficient (Wildman–Crippen LogP) is 14.4. The molecule has 0 spiro atoms. The van der Waals surface area contributed by atoms with Crippen LogP contribution in [0, 0.1) is 0 Å². The highest BCUT2D eigenvalue weighted by molar-refractivity contribution is 6.09. The molecule has 2 aliphatic rings. The third-order valence-electron chi connectivity index (χ3n) is 12.0. The summed E-state index contributed by atoms with van der Waals surface area (Å²) in [5.74, 6) is 0. The summed E-state index contributed by atoms with van der Waals surface area (Å²) >= 11 is 0. The van der Waals surface area contributed by atoms with Crippen molar-refractivity contribution in [2.24, 2.45) is 0 Å². The second-order valence-electron chi connectivity index (χ2n) is 15.8. The molecule has 1 aliphatic carbocycles. The maximum atomic E-state index is 2.56. The second-order valence-corrected chi connectivity index (χ2v) is 15.8. The maximum Gasteiger partial charge on any atom is 0.0781 e. The van der Waals surface area contributed by atoms with E-state index in [1.54, 1.807) is 0 Å². The molecule has 0 unspecified atom stereocenters. The molecule has 8 aromatic carbocycles. The van der Waals surface area contributed by atoms with Crippen LogP contribution in [0.2, 0.25) is 0 Å². The number of benzene rings is 8. The largest absolute Gasteiger partial charge is 0.308 e. The molecule has 1 aliphatic heterocycles. The van der Waals surface area contributed by atoms with Crippen LogP contribution in [-0.2, 0) is 10.8 Å². The van der Waals surface area contributed by atoms with Crippen molar-refractivity contribution < 1.29 is 0 Å². The average molecular weight is 695 g/mol. The Morgan fingerprint density at radius 3 is 1.78 bits per heavy atom. The summed E-state index contributed by atoms with van der Waals surface area (Å²) in [5, 5.41) is 2.41. The first kappa shape index (κ1) is 32.3. The van der Waals surface area contributed by atoms with Gasteiger partial charge in [-0.15, -0.1) is 0 Å². The molecule has 0 saturated carbocycles. The van der Waals surface area contributed by atoms with E-state index in [0.717, 1.165) is 22.7 Å². The highest BCUT2D eigenvalue weighted by Crippen LogP contribution is 2.58. The van der Waals surface area contributed by atoms with Crippen LogP contribution in [0.1, 0.15) is 49.9 Å². The van der Waals surface area contributed by atoms with E-state index in [-0.39, 0.29) is 10.8 Å². The molecule has 1 heterocycles. The number of rotatable bonds is 5. The molecule has 2 nitrogen and oxygen atoms in total. The number of hydrogen-bond donors (Lipinski definition) is 0. The fourth-order valence-corrected chi connectivity index (χ4v) is 9.44. The van der Waals surface area contributed by atoms with Gasteiger partial charge in [-0.05, 0) is 98.4 Å². The van der Waals surface area contributed by atoms with Crippen molar-refractivity contribution >= 4 is 44.9 Å². The summed E-state index contributed by atoms with van der Waals surface area (Å²) < 4.78 is 0. The van der Waals surface area contributed by atoms with Gasteiger partial charge in [0.05, 0.1) is 22.7 Å². The van der Waals surface area contributed by atoms with Gasteiger partial charge < -0.3 is 9.80 Å². The lowest BCUT2D eigenvalue weighted by atomic mass is 9.70. The monoisotopic (exact) mass is 694 g/mol. The van der Waals surface area contributed by atoms with Crippen molar-refractivity contribution in [3.05, 3.63) is 204 Å². The molecule has 0 atom stereocenters. The Bertz CT molecular complexity index is 2680. The molecule has 0 radical (unpaired) electrons. The van der Waals surface area contributed by atoms with E-state index in [2.05, 4.69) is 219 Å². The number of hydrogen-bond acceptors (Lipinski definition) is 2. The third-order valence-corrected chi connectivity index (χ3v) is 12.0. The van der Waals surface area contributed by atoms with Crippen molar-refractivity contribution in [1.82, 2.24) is 0 Å². The van der Waals surface area contributed by atoms with Crippen LogP contribution < -0.4 is 9.80 Å². The Morgan fingerprint density at radius 2 is 1.02 bits per heavy atom. The molecule has 0 aromatic heterocycles. The molecule has 0 fully saturated rings. The van der Waals surface area contributed by atoms with Crippen molar-refractivity contribution in [3.63, 3.8) is 0 Å². The maximum absolute atomic E-state index is 2.56. The van der Waals surface area contributed by atoms with E-state index >= 15 is 0 Å². The molecule has 0 bridgehead atoms. The van der Waals surface area contributed by atoms with Crippen LogP contribution in [0.15, 0.2) is 182 Å². The minimum absolute atomic E-state index is 0.0822. The zero-order chi connectivity index (χ0) is 36.6. The van der Waals surface area contributed by atoms with Gasteiger partial charge in [0, 0.05) is 27.6 Å². The normalized spacial score (nSPS) is 14.6. The standard InChI is InChI=1S/C52H42N2/c1-51(2)43-26-14-13-24-41(43)42-32-30-36(34-45(42)51)39-25-17-29-47-49(39)52(3,4)44-27-15-16-28-46(44)54(47)50-40-23-12-11-18-35(40)31-33-48(50)53(37-19-7-5-8-20-37)38-21-9-6-10-22-38/h5-34H,1-4H3. The Kier molecular flexibility index (Phi) is 7.22. The Morgan fingerprint density at radius 1 is 0.426 bits per heavy atom. The summed E-state index contributed by atoms with van der Waals surface area (Å²) in [6.45, 7) is 9.56. The van der Waals surface area contributed by atoms with E-state index in [0.29, 0.717) is 0 Å². The highest BCUT2D eigenvalue weighted by atomic mass is 15.2. The molecule has 8 aromatic rings. The molecule has 54 heavy (non-hydrogen) atoms. The van der Waals surface area contributed by atoms with Gasteiger partial charge in [-0.3, -0.25) is 0 Å². The van der Waals surface area contributed by atoms with E-state index < -0.39 is 0 Å². The average Bonchev–Trinajstić information content (AvgIpc) is 3.44. The molecule has 10 rings (SSSR count). The quantitative estimate of drug-likeness (QED) is 0.177. The summed E-state index contributed by atoms with van der Waals surface area (Å²) in [4.78, 5) is 4.97. The first-order valence-corrected chi connectivity index (χ1v) is 19.0. The van der Waals surface area contributed by atoms with Crippen LogP contribution in [0.3, 0.4) is 0 Å². The highest BCUT2D eigenvalue weighted by Gasteiger charge is 2.41. The minimum atomic E-state index is -0.278. The SMILES string of the molecule is CC1(C)c2ccccc2-c2ccc(-c3cccc4c3C(C)(C)c3ccccc3N4c3c(N(c4ccccc4)c4ccccc4)ccc4ccccc34)cc21. The van der Waals surface area contributed by atoms with Gasteiger partial charge in [0.15, 0.2) is 0 Å². The lowest BCUT2D eigenvalue weighted by Crippen LogP contribution is -2.32.